The second-order valence-corrected chi connectivity index (χ2v) is 20.6. The van der Waals surface area contributed by atoms with Gasteiger partial charge in [-0.15, -0.1) is 12.3 Å². The summed E-state index contributed by atoms with van der Waals surface area (Å²) in [5, 5.41) is 0. The van der Waals surface area contributed by atoms with E-state index in [4.69, 9.17) is 31.4 Å². The molecule has 6 nitrogen and oxygen atoms in total. The molecular formula is C44H54N6Si. The molecule has 0 aromatic carbocycles. The van der Waals surface area contributed by atoms with Crippen LogP contribution in [-0.4, -0.2) is 40.5 Å². The van der Waals surface area contributed by atoms with E-state index in [9.17, 15) is 0 Å². The molecule has 1 atom stereocenters. The fourth-order valence-electron chi connectivity index (χ4n) is 7.44. The van der Waals surface area contributed by atoms with Gasteiger partial charge in [0.2, 0.25) is 0 Å². The molecule has 5 aliphatic heterocycles. The Hall–Kier alpha value is -4.41. The SMILES string of the molecule is C#CC(C1=C2C=CC(=N2)C(CCCCCCC)=C2C=CC(=N2)C(c2nccn2C)=C2C=CC(=N2)C(CCCCCCC)=C2C=CC1=N2)[Si](C)(C)C. The third-order valence-corrected chi connectivity index (χ3v) is 12.5. The average molecular weight is 695 g/mol. The second kappa shape index (κ2) is 16.3. The van der Waals surface area contributed by atoms with Gasteiger partial charge in [0.15, 0.2) is 0 Å². The topological polar surface area (TPSA) is 67.3 Å². The highest BCUT2D eigenvalue weighted by Crippen LogP contribution is 2.39. The van der Waals surface area contributed by atoms with Gasteiger partial charge in [-0.05, 0) is 74.3 Å². The monoisotopic (exact) mass is 694 g/mol. The summed E-state index contributed by atoms with van der Waals surface area (Å²) in [6.45, 7) is 11.6. The van der Waals surface area contributed by atoms with E-state index in [0.29, 0.717) is 0 Å². The molecule has 1 aromatic heterocycles. The lowest BCUT2D eigenvalue weighted by Crippen LogP contribution is -2.31. The summed E-state index contributed by atoms with van der Waals surface area (Å²) in [7, 11) is 0.168. The van der Waals surface area contributed by atoms with E-state index in [0.717, 1.165) is 88.3 Å². The highest BCUT2D eigenvalue weighted by molar-refractivity contribution is 6.79. The Labute approximate surface area is 306 Å². The van der Waals surface area contributed by atoms with Crippen molar-refractivity contribution in [2.45, 2.75) is 116 Å². The first-order valence-electron chi connectivity index (χ1n) is 19.2. The molecule has 1 unspecified atom stereocenters. The van der Waals surface area contributed by atoms with Crippen LogP contribution in [0.2, 0.25) is 25.2 Å². The lowest BCUT2D eigenvalue weighted by Gasteiger charge is -2.27. The van der Waals surface area contributed by atoms with Crippen molar-refractivity contribution < 1.29 is 0 Å². The highest BCUT2D eigenvalue weighted by atomic mass is 28.3. The standard InChI is InChI=1S/C44H54N6Si/c1-8-11-13-15-17-19-31-33-21-25-37(46-33)42(41(10-3)51(5,6)7)38-26-22-34(47-38)32(20-18-16-14-12-9-2)36-24-28-40(49-36)43(39-27-23-35(31)48-39)44-45-29-30-50(44)4/h3,21-30,41H,8-9,11-20H2,1-2,4-7H3. The van der Waals surface area contributed by atoms with Crippen LogP contribution < -0.4 is 0 Å². The van der Waals surface area contributed by atoms with Gasteiger partial charge in [-0.1, -0.05) is 84.9 Å². The van der Waals surface area contributed by atoms with E-state index in [1.807, 2.05) is 19.4 Å². The molecule has 5 aliphatic rings. The molecule has 0 spiro atoms. The number of allylic oxidation sites excluding steroid dienone is 12. The minimum absolute atomic E-state index is 0.0425. The Bertz CT molecular complexity index is 1950. The first kappa shape index (κ1) is 36.4. The third kappa shape index (κ3) is 8.07. The summed E-state index contributed by atoms with van der Waals surface area (Å²) in [4.78, 5) is 26.3. The number of imidazole rings is 1. The minimum atomic E-state index is -1.87. The van der Waals surface area contributed by atoms with E-state index in [1.165, 1.54) is 62.5 Å². The first-order chi connectivity index (χ1) is 24.7. The van der Waals surface area contributed by atoms with Crippen molar-refractivity contribution in [3.8, 4) is 12.3 Å². The molecule has 0 saturated heterocycles. The van der Waals surface area contributed by atoms with E-state index >= 15 is 0 Å². The van der Waals surface area contributed by atoms with E-state index in [1.54, 1.807) is 0 Å². The smallest absolute Gasteiger partial charge is 0.144 e. The van der Waals surface area contributed by atoms with Crippen molar-refractivity contribution in [2.75, 3.05) is 0 Å². The minimum Gasteiger partial charge on any atom is -0.334 e. The van der Waals surface area contributed by atoms with Gasteiger partial charge in [-0.2, -0.15) is 0 Å². The van der Waals surface area contributed by atoms with Gasteiger partial charge in [0, 0.05) is 41.7 Å². The fraction of sp³-hybridized carbons (Fsp3) is 0.432. The number of terminal acetylenes is 1. The number of rotatable bonds is 15. The Morgan fingerprint density at radius 2 is 1.12 bits per heavy atom. The van der Waals surface area contributed by atoms with E-state index < -0.39 is 8.07 Å². The molecule has 0 N–H and O–H groups in total. The molecule has 0 saturated carbocycles. The van der Waals surface area contributed by atoms with Crippen LogP contribution in [0.15, 0.2) is 120 Å². The number of unbranched alkanes of at least 4 members (excludes halogenated alkanes) is 8. The molecule has 51 heavy (non-hydrogen) atoms. The van der Waals surface area contributed by atoms with Crippen molar-refractivity contribution in [1.82, 2.24) is 9.55 Å². The molecule has 8 bridgehead atoms. The summed E-state index contributed by atoms with van der Waals surface area (Å²) >= 11 is 0. The lowest BCUT2D eigenvalue weighted by atomic mass is 10.00. The zero-order chi connectivity index (χ0) is 36.0. The van der Waals surface area contributed by atoms with Crippen LogP contribution >= 0.6 is 0 Å². The van der Waals surface area contributed by atoms with Gasteiger partial charge in [-0.25, -0.2) is 25.0 Å². The number of hydrogen-bond donors (Lipinski definition) is 0. The normalized spacial score (nSPS) is 18.7. The predicted octanol–water partition coefficient (Wildman–Crippen LogP) is 11.0. The van der Waals surface area contributed by atoms with Gasteiger partial charge in [0.25, 0.3) is 0 Å². The van der Waals surface area contributed by atoms with Crippen LogP contribution in [0.5, 0.6) is 0 Å². The Morgan fingerprint density at radius 1 is 0.627 bits per heavy atom. The zero-order valence-corrected chi connectivity index (χ0v) is 32.6. The quantitative estimate of drug-likeness (QED) is 0.102. The molecule has 1 aromatic rings. The lowest BCUT2D eigenvalue weighted by molar-refractivity contribution is 0.634. The Kier molecular flexibility index (Phi) is 11.6. The van der Waals surface area contributed by atoms with Gasteiger partial charge in [0.1, 0.15) is 5.82 Å². The van der Waals surface area contributed by atoms with Crippen molar-refractivity contribution in [3.05, 3.63) is 106 Å². The Morgan fingerprint density at radius 3 is 1.67 bits per heavy atom. The van der Waals surface area contributed by atoms with Gasteiger partial charge < -0.3 is 4.57 Å². The summed E-state index contributed by atoms with van der Waals surface area (Å²) in [6.07, 6.45) is 41.3. The highest BCUT2D eigenvalue weighted by Gasteiger charge is 2.34. The molecule has 264 valence electrons. The molecule has 0 amide bonds. The van der Waals surface area contributed by atoms with Crippen molar-refractivity contribution in [1.29, 1.82) is 0 Å². The molecule has 6 heterocycles. The van der Waals surface area contributed by atoms with Crippen LogP contribution in [0, 0.1) is 12.3 Å². The number of nitrogens with zero attached hydrogens (tertiary/aromatic N) is 6. The van der Waals surface area contributed by atoms with Crippen LogP contribution in [0.1, 0.15) is 96.7 Å². The summed E-state index contributed by atoms with van der Waals surface area (Å²) in [6, 6.07) is 0. The van der Waals surface area contributed by atoms with Gasteiger partial charge >= 0.3 is 0 Å². The zero-order valence-electron chi connectivity index (χ0n) is 31.6. The van der Waals surface area contributed by atoms with Crippen molar-refractivity contribution in [2.24, 2.45) is 27.0 Å². The maximum absolute atomic E-state index is 6.39. The number of hydrogen-bond acceptors (Lipinski definition) is 5. The number of fused-ring (bicyclic) bond motifs is 4. The molecule has 0 aliphatic carbocycles. The third-order valence-electron chi connectivity index (χ3n) is 10.3. The van der Waals surface area contributed by atoms with Crippen molar-refractivity contribution in [3.63, 3.8) is 0 Å². The van der Waals surface area contributed by atoms with Crippen molar-refractivity contribution >= 4 is 36.5 Å². The number of aromatic nitrogens is 2. The molecule has 0 fully saturated rings. The predicted molar refractivity (Wildman–Crippen MR) is 220 cm³/mol. The largest absolute Gasteiger partial charge is 0.334 e. The van der Waals surface area contributed by atoms with Crippen LogP contribution in [0.25, 0.3) is 5.57 Å². The Balaban J connectivity index is 1.57. The first-order valence-corrected chi connectivity index (χ1v) is 22.8. The van der Waals surface area contributed by atoms with Crippen LogP contribution in [0.4, 0.5) is 0 Å². The van der Waals surface area contributed by atoms with Crippen LogP contribution in [-0.2, 0) is 7.05 Å². The van der Waals surface area contributed by atoms with E-state index in [2.05, 4.69) is 92.6 Å². The molecule has 0 radical (unpaired) electrons. The number of aliphatic imine (C=N–C) groups is 4. The summed E-state index contributed by atoms with van der Waals surface area (Å²) in [5.74, 6) is 4.06. The van der Waals surface area contributed by atoms with Gasteiger partial charge in [-0.3, -0.25) is 0 Å². The second-order valence-electron chi connectivity index (χ2n) is 15.3. The molecular weight excluding hydrogens is 641 g/mol. The summed E-state index contributed by atoms with van der Waals surface area (Å²) in [5.41, 5.74) is 11.8. The van der Waals surface area contributed by atoms with Crippen LogP contribution in [0.3, 0.4) is 0 Å². The molecule has 7 heteroatoms. The average Bonchev–Trinajstić information content (AvgIpc) is 3.95. The number of aryl methyl sites for hydroxylation is 1. The maximum Gasteiger partial charge on any atom is 0.144 e. The maximum atomic E-state index is 6.39. The van der Waals surface area contributed by atoms with E-state index in [-0.39, 0.29) is 5.54 Å². The molecule has 6 rings (SSSR count). The summed E-state index contributed by atoms with van der Waals surface area (Å²) < 4.78 is 2.06. The van der Waals surface area contributed by atoms with Gasteiger partial charge in [0.05, 0.1) is 59.3 Å². The fourth-order valence-corrected chi connectivity index (χ4v) is 9.11.